The SMILES string of the molecule is Brc1cscc1CCNC1CC1. The molecule has 0 amide bonds. The molecule has 1 N–H and O–H groups in total. The second kappa shape index (κ2) is 3.90. The van der Waals surface area contributed by atoms with Gasteiger partial charge in [0.05, 0.1) is 0 Å². The monoisotopic (exact) mass is 245 g/mol. The van der Waals surface area contributed by atoms with Crippen molar-refractivity contribution in [1.82, 2.24) is 5.32 Å². The minimum Gasteiger partial charge on any atom is -0.314 e. The van der Waals surface area contributed by atoms with E-state index >= 15 is 0 Å². The molecule has 0 aromatic carbocycles. The maximum atomic E-state index is 3.53. The molecule has 1 heterocycles. The predicted octanol–water partition coefficient (Wildman–Crippen LogP) is 2.81. The molecule has 3 heteroatoms. The third-order valence-electron chi connectivity index (χ3n) is 2.09. The topological polar surface area (TPSA) is 12.0 Å². The molecule has 12 heavy (non-hydrogen) atoms. The summed E-state index contributed by atoms with van der Waals surface area (Å²) < 4.78 is 1.27. The van der Waals surface area contributed by atoms with Gasteiger partial charge in [-0.15, -0.1) is 0 Å². The van der Waals surface area contributed by atoms with E-state index in [-0.39, 0.29) is 0 Å². The summed E-state index contributed by atoms with van der Waals surface area (Å²) >= 11 is 5.30. The molecule has 1 fully saturated rings. The molecule has 1 saturated carbocycles. The first-order valence-electron chi connectivity index (χ1n) is 4.30. The molecule has 0 radical (unpaired) electrons. The van der Waals surface area contributed by atoms with Crippen LogP contribution in [-0.4, -0.2) is 12.6 Å². The van der Waals surface area contributed by atoms with Crippen LogP contribution < -0.4 is 5.32 Å². The van der Waals surface area contributed by atoms with Crippen LogP contribution in [0.4, 0.5) is 0 Å². The van der Waals surface area contributed by atoms with E-state index in [2.05, 4.69) is 32.0 Å². The van der Waals surface area contributed by atoms with Crippen LogP contribution >= 0.6 is 27.3 Å². The van der Waals surface area contributed by atoms with Crippen molar-refractivity contribution in [3.8, 4) is 0 Å². The minimum atomic E-state index is 0.836. The lowest BCUT2D eigenvalue weighted by Gasteiger charge is -2.00. The smallest absolute Gasteiger partial charge is 0.0314 e. The van der Waals surface area contributed by atoms with E-state index in [0.29, 0.717) is 0 Å². The highest BCUT2D eigenvalue weighted by Gasteiger charge is 2.19. The Kier molecular flexibility index (Phi) is 2.84. The van der Waals surface area contributed by atoms with Crippen LogP contribution in [-0.2, 0) is 6.42 Å². The van der Waals surface area contributed by atoms with Gasteiger partial charge in [-0.1, -0.05) is 0 Å². The standard InChI is InChI=1S/C9H12BrNS/c10-9-6-12-5-7(9)3-4-11-8-1-2-8/h5-6,8,11H,1-4H2. The second-order valence-electron chi connectivity index (χ2n) is 3.22. The van der Waals surface area contributed by atoms with Crippen LogP contribution in [0.15, 0.2) is 15.2 Å². The number of rotatable bonds is 4. The largest absolute Gasteiger partial charge is 0.314 e. The lowest BCUT2D eigenvalue weighted by molar-refractivity contribution is 0.682. The van der Waals surface area contributed by atoms with Crippen LogP contribution in [0.5, 0.6) is 0 Å². The molecule has 1 aliphatic carbocycles. The highest BCUT2D eigenvalue weighted by atomic mass is 79.9. The number of nitrogens with one attached hydrogen (secondary N) is 1. The molecule has 0 saturated heterocycles. The summed E-state index contributed by atoms with van der Waals surface area (Å²) in [4.78, 5) is 0. The van der Waals surface area contributed by atoms with Gasteiger partial charge in [0.25, 0.3) is 0 Å². The van der Waals surface area contributed by atoms with Crippen molar-refractivity contribution in [2.75, 3.05) is 6.54 Å². The average molecular weight is 246 g/mol. The maximum Gasteiger partial charge on any atom is 0.0314 e. The molecule has 0 unspecified atom stereocenters. The van der Waals surface area contributed by atoms with Gasteiger partial charge in [0.15, 0.2) is 0 Å². The summed E-state index contributed by atoms with van der Waals surface area (Å²) in [5.74, 6) is 0. The molecule has 0 spiro atoms. The molecule has 2 rings (SSSR count). The van der Waals surface area contributed by atoms with Gasteiger partial charge in [0.1, 0.15) is 0 Å². The van der Waals surface area contributed by atoms with Gasteiger partial charge < -0.3 is 5.32 Å². The normalized spacial score (nSPS) is 16.8. The van der Waals surface area contributed by atoms with E-state index in [1.807, 2.05) is 0 Å². The third kappa shape index (κ3) is 2.31. The fourth-order valence-electron chi connectivity index (χ4n) is 1.18. The van der Waals surface area contributed by atoms with Crippen molar-refractivity contribution in [3.05, 3.63) is 20.8 Å². The second-order valence-corrected chi connectivity index (χ2v) is 4.82. The first-order valence-corrected chi connectivity index (χ1v) is 6.04. The van der Waals surface area contributed by atoms with Gasteiger partial charge in [-0.2, -0.15) is 11.3 Å². The van der Waals surface area contributed by atoms with E-state index in [0.717, 1.165) is 19.0 Å². The van der Waals surface area contributed by atoms with E-state index in [1.165, 1.54) is 22.9 Å². The Balaban J connectivity index is 1.75. The fourth-order valence-corrected chi connectivity index (χ4v) is 2.72. The summed E-state index contributed by atoms with van der Waals surface area (Å²) in [6, 6.07) is 0.836. The molecule has 0 bridgehead atoms. The molecular formula is C9H12BrNS. The number of hydrogen-bond donors (Lipinski definition) is 1. The van der Waals surface area contributed by atoms with Crippen LogP contribution in [0, 0.1) is 0 Å². The molecular weight excluding hydrogens is 234 g/mol. The maximum absolute atomic E-state index is 3.53. The van der Waals surface area contributed by atoms with Crippen molar-refractivity contribution in [2.45, 2.75) is 25.3 Å². The average Bonchev–Trinajstić information content (AvgIpc) is 2.78. The summed E-state index contributed by atoms with van der Waals surface area (Å²) in [5.41, 5.74) is 1.44. The first-order chi connectivity index (χ1) is 5.86. The Labute approximate surface area is 85.3 Å². The lowest BCUT2D eigenvalue weighted by atomic mass is 10.2. The summed E-state index contributed by atoms with van der Waals surface area (Å²) in [6.07, 6.45) is 3.91. The zero-order valence-electron chi connectivity index (χ0n) is 6.85. The fraction of sp³-hybridized carbons (Fsp3) is 0.556. The van der Waals surface area contributed by atoms with Crippen molar-refractivity contribution >= 4 is 27.3 Å². The van der Waals surface area contributed by atoms with Gasteiger partial charge in [0.2, 0.25) is 0 Å². The highest BCUT2D eigenvalue weighted by Crippen LogP contribution is 2.22. The predicted molar refractivity (Wildman–Crippen MR) is 56.7 cm³/mol. The zero-order chi connectivity index (χ0) is 8.39. The molecule has 1 aromatic rings. The Bertz CT molecular complexity index is 255. The Morgan fingerprint density at radius 1 is 1.50 bits per heavy atom. The Morgan fingerprint density at radius 3 is 2.92 bits per heavy atom. The molecule has 1 aromatic heterocycles. The molecule has 66 valence electrons. The van der Waals surface area contributed by atoms with E-state index in [9.17, 15) is 0 Å². The van der Waals surface area contributed by atoms with Crippen molar-refractivity contribution in [2.24, 2.45) is 0 Å². The van der Waals surface area contributed by atoms with E-state index < -0.39 is 0 Å². The van der Waals surface area contributed by atoms with Gasteiger partial charge in [0, 0.05) is 15.9 Å². The van der Waals surface area contributed by atoms with Gasteiger partial charge in [-0.25, -0.2) is 0 Å². The Hall–Kier alpha value is 0.140. The summed E-state index contributed by atoms with van der Waals surface area (Å²) in [6.45, 7) is 1.12. The molecule has 0 atom stereocenters. The first kappa shape index (κ1) is 8.73. The number of halogens is 1. The summed E-state index contributed by atoms with van der Waals surface area (Å²) in [7, 11) is 0. The van der Waals surface area contributed by atoms with E-state index in [1.54, 1.807) is 11.3 Å². The summed E-state index contributed by atoms with van der Waals surface area (Å²) in [5, 5.41) is 7.87. The molecule has 1 nitrogen and oxygen atoms in total. The zero-order valence-corrected chi connectivity index (χ0v) is 9.25. The van der Waals surface area contributed by atoms with Crippen molar-refractivity contribution in [3.63, 3.8) is 0 Å². The third-order valence-corrected chi connectivity index (χ3v) is 3.93. The van der Waals surface area contributed by atoms with E-state index in [4.69, 9.17) is 0 Å². The molecule has 1 aliphatic rings. The van der Waals surface area contributed by atoms with Crippen molar-refractivity contribution < 1.29 is 0 Å². The van der Waals surface area contributed by atoms with Crippen LogP contribution in [0.1, 0.15) is 18.4 Å². The van der Waals surface area contributed by atoms with Gasteiger partial charge in [-0.05, 0) is 52.7 Å². The Morgan fingerprint density at radius 2 is 2.33 bits per heavy atom. The quantitative estimate of drug-likeness (QED) is 0.861. The van der Waals surface area contributed by atoms with Crippen LogP contribution in [0.2, 0.25) is 0 Å². The highest BCUT2D eigenvalue weighted by molar-refractivity contribution is 9.10. The van der Waals surface area contributed by atoms with Gasteiger partial charge in [-0.3, -0.25) is 0 Å². The van der Waals surface area contributed by atoms with Crippen LogP contribution in [0.25, 0.3) is 0 Å². The lowest BCUT2D eigenvalue weighted by Crippen LogP contribution is -2.19. The number of thiophene rings is 1. The minimum absolute atomic E-state index is 0.836. The number of hydrogen-bond acceptors (Lipinski definition) is 2. The van der Waals surface area contributed by atoms with Crippen LogP contribution in [0.3, 0.4) is 0 Å². The van der Waals surface area contributed by atoms with Gasteiger partial charge >= 0.3 is 0 Å². The van der Waals surface area contributed by atoms with Crippen molar-refractivity contribution in [1.29, 1.82) is 0 Å². The molecule has 0 aliphatic heterocycles.